The molecule has 0 bridgehead atoms. The van der Waals surface area contributed by atoms with Crippen molar-refractivity contribution in [3.05, 3.63) is 66.5 Å². The number of ether oxygens (including phenoxy) is 1. The van der Waals surface area contributed by atoms with Crippen molar-refractivity contribution in [2.24, 2.45) is 0 Å². The van der Waals surface area contributed by atoms with Crippen LogP contribution in [0.4, 0.5) is 4.79 Å². The summed E-state index contributed by atoms with van der Waals surface area (Å²) in [5.74, 6) is -0.859. The molecule has 2 aromatic rings. The van der Waals surface area contributed by atoms with Crippen LogP contribution in [-0.4, -0.2) is 44.6 Å². The number of aromatic nitrogens is 1. The van der Waals surface area contributed by atoms with Crippen LogP contribution in [0, 0.1) is 0 Å². The summed E-state index contributed by atoms with van der Waals surface area (Å²) in [5, 5.41) is 0.792. The molecule has 2 heterocycles. The molecular weight excluding hydrogens is 432 g/mol. The highest BCUT2D eigenvalue weighted by molar-refractivity contribution is 6.00. The van der Waals surface area contributed by atoms with Gasteiger partial charge in [-0.05, 0) is 65.8 Å². The third-order valence-electron chi connectivity index (χ3n) is 5.38. The standard InChI is InChI=1S/C26H32N4O4/c1-18(2)30-16-10-9-15-26(30,6)23(32)28-27-22(31)14-13-19-17-29(24(33)34-25(3,4)5)21-12-8-7-11-20(19)21/h7-18H,1-6H3,(H,27,31)(H,28,32). The zero-order valence-electron chi connectivity index (χ0n) is 20.5. The van der Waals surface area contributed by atoms with E-state index in [4.69, 9.17) is 4.74 Å². The number of nitrogens with one attached hydrogen (secondary N) is 2. The average molecular weight is 465 g/mol. The molecule has 2 amide bonds. The summed E-state index contributed by atoms with van der Waals surface area (Å²) in [5.41, 5.74) is 4.71. The maximum atomic E-state index is 12.8. The van der Waals surface area contributed by atoms with Gasteiger partial charge in [0.1, 0.15) is 11.1 Å². The second kappa shape index (κ2) is 9.59. The van der Waals surface area contributed by atoms with Crippen LogP contribution in [0.25, 0.3) is 17.0 Å². The van der Waals surface area contributed by atoms with Crippen molar-refractivity contribution in [1.82, 2.24) is 20.3 Å². The highest BCUT2D eigenvalue weighted by Crippen LogP contribution is 2.25. The van der Waals surface area contributed by atoms with Gasteiger partial charge in [-0.2, -0.15) is 0 Å². The van der Waals surface area contributed by atoms with E-state index >= 15 is 0 Å². The van der Waals surface area contributed by atoms with Gasteiger partial charge in [-0.15, -0.1) is 0 Å². The Morgan fingerprint density at radius 3 is 2.47 bits per heavy atom. The maximum Gasteiger partial charge on any atom is 0.419 e. The molecule has 0 fully saturated rings. The monoisotopic (exact) mass is 464 g/mol. The number of rotatable bonds is 4. The second-order valence-electron chi connectivity index (χ2n) is 9.58. The summed E-state index contributed by atoms with van der Waals surface area (Å²) in [6.07, 6.45) is 11.3. The molecule has 0 radical (unpaired) electrons. The highest BCUT2D eigenvalue weighted by Gasteiger charge is 2.38. The number of carbonyl (C=O) groups excluding carboxylic acids is 3. The van der Waals surface area contributed by atoms with Crippen LogP contribution in [0.3, 0.4) is 0 Å². The van der Waals surface area contributed by atoms with Crippen LogP contribution in [0.2, 0.25) is 0 Å². The topological polar surface area (TPSA) is 92.7 Å². The predicted molar refractivity (Wildman–Crippen MR) is 133 cm³/mol. The van der Waals surface area contributed by atoms with Gasteiger partial charge in [0.05, 0.1) is 5.52 Å². The van der Waals surface area contributed by atoms with Gasteiger partial charge in [0.15, 0.2) is 0 Å². The number of fused-ring (bicyclic) bond motifs is 1. The number of hydrogen-bond donors (Lipinski definition) is 2. The minimum Gasteiger partial charge on any atom is -0.443 e. The Morgan fingerprint density at radius 2 is 1.79 bits per heavy atom. The molecule has 3 rings (SSSR count). The molecule has 1 atom stereocenters. The zero-order chi connectivity index (χ0) is 25.1. The quantitative estimate of drug-likeness (QED) is 0.524. The van der Waals surface area contributed by atoms with Gasteiger partial charge in [0.25, 0.3) is 11.8 Å². The fourth-order valence-electron chi connectivity index (χ4n) is 3.78. The summed E-state index contributed by atoms with van der Waals surface area (Å²) in [6.45, 7) is 11.2. The largest absolute Gasteiger partial charge is 0.443 e. The first kappa shape index (κ1) is 24.8. The fourth-order valence-corrected chi connectivity index (χ4v) is 3.78. The maximum absolute atomic E-state index is 12.8. The second-order valence-corrected chi connectivity index (χ2v) is 9.58. The van der Waals surface area contributed by atoms with Gasteiger partial charge in [0, 0.05) is 35.5 Å². The molecule has 1 aliphatic rings. The van der Waals surface area contributed by atoms with E-state index in [9.17, 15) is 14.4 Å². The molecule has 0 aliphatic carbocycles. The van der Waals surface area contributed by atoms with Crippen molar-refractivity contribution < 1.29 is 19.1 Å². The molecule has 1 aromatic carbocycles. The average Bonchev–Trinajstić information content (AvgIpc) is 3.14. The first-order chi connectivity index (χ1) is 15.9. The van der Waals surface area contributed by atoms with Crippen LogP contribution in [0.5, 0.6) is 0 Å². The molecule has 34 heavy (non-hydrogen) atoms. The van der Waals surface area contributed by atoms with Crippen molar-refractivity contribution in [3.8, 4) is 0 Å². The Balaban J connectivity index is 1.72. The number of amides is 2. The van der Waals surface area contributed by atoms with Gasteiger partial charge in [-0.25, -0.2) is 4.79 Å². The lowest BCUT2D eigenvalue weighted by Crippen LogP contribution is -2.59. The number of para-hydroxylation sites is 1. The molecule has 1 aromatic heterocycles. The first-order valence-electron chi connectivity index (χ1n) is 11.2. The van der Waals surface area contributed by atoms with E-state index < -0.39 is 23.1 Å². The van der Waals surface area contributed by atoms with Gasteiger partial charge in [-0.3, -0.25) is 25.0 Å². The van der Waals surface area contributed by atoms with E-state index in [1.54, 1.807) is 52.1 Å². The number of hydrogen-bond acceptors (Lipinski definition) is 5. The van der Waals surface area contributed by atoms with Crippen LogP contribution in [-0.2, 0) is 14.3 Å². The van der Waals surface area contributed by atoms with E-state index in [-0.39, 0.29) is 11.9 Å². The van der Waals surface area contributed by atoms with Gasteiger partial charge in [-0.1, -0.05) is 24.3 Å². The smallest absolute Gasteiger partial charge is 0.419 e. The number of benzene rings is 1. The lowest BCUT2D eigenvalue weighted by atomic mass is 9.94. The molecule has 2 N–H and O–H groups in total. The minimum absolute atomic E-state index is 0.0924. The lowest BCUT2D eigenvalue weighted by Gasteiger charge is -2.41. The Bertz CT molecular complexity index is 1180. The van der Waals surface area contributed by atoms with E-state index in [2.05, 4.69) is 10.9 Å². The Morgan fingerprint density at radius 1 is 1.09 bits per heavy atom. The molecule has 0 spiro atoms. The zero-order valence-corrected chi connectivity index (χ0v) is 20.5. The van der Waals surface area contributed by atoms with Crippen molar-refractivity contribution in [2.45, 2.75) is 58.7 Å². The number of carbonyl (C=O) groups is 3. The normalized spacial score (nSPS) is 18.0. The van der Waals surface area contributed by atoms with Gasteiger partial charge >= 0.3 is 6.09 Å². The van der Waals surface area contributed by atoms with Gasteiger partial charge in [0.2, 0.25) is 0 Å². The predicted octanol–water partition coefficient (Wildman–Crippen LogP) is 4.14. The molecule has 180 valence electrons. The number of nitrogens with zero attached hydrogens (tertiary/aromatic N) is 2. The SMILES string of the molecule is CC(C)N1C=CC=CC1(C)C(=O)NNC(=O)C=Cc1cn(C(=O)OC(C)(C)C)c2ccccc12. The summed E-state index contributed by atoms with van der Waals surface area (Å²) < 4.78 is 6.91. The summed E-state index contributed by atoms with van der Waals surface area (Å²) in [7, 11) is 0. The summed E-state index contributed by atoms with van der Waals surface area (Å²) in [4.78, 5) is 39.8. The van der Waals surface area contributed by atoms with Crippen LogP contribution in [0.1, 0.15) is 47.1 Å². The lowest BCUT2D eigenvalue weighted by molar-refractivity contribution is -0.133. The van der Waals surface area contributed by atoms with E-state index in [0.717, 1.165) is 5.39 Å². The molecule has 0 saturated carbocycles. The molecule has 8 heteroatoms. The summed E-state index contributed by atoms with van der Waals surface area (Å²) >= 11 is 0. The number of allylic oxidation sites excluding steroid dienone is 2. The minimum atomic E-state index is -0.930. The van der Waals surface area contributed by atoms with E-state index in [1.807, 2.05) is 55.3 Å². The molecule has 1 unspecified atom stereocenters. The Kier molecular flexibility index (Phi) is 7.00. The fraction of sp³-hybridized carbons (Fsp3) is 0.346. The summed E-state index contributed by atoms with van der Waals surface area (Å²) in [6, 6.07) is 7.45. The van der Waals surface area contributed by atoms with Crippen LogP contribution < -0.4 is 10.9 Å². The third-order valence-corrected chi connectivity index (χ3v) is 5.38. The Hall–Kier alpha value is -3.81. The van der Waals surface area contributed by atoms with Crippen molar-refractivity contribution in [2.75, 3.05) is 0 Å². The molecule has 1 aliphatic heterocycles. The van der Waals surface area contributed by atoms with Gasteiger partial charge < -0.3 is 9.64 Å². The first-order valence-corrected chi connectivity index (χ1v) is 11.2. The van der Waals surface area contributed by atoms with Crippen molar-refractivity contribution >= 4 is 34.9 Å². The third kappa shape index (κ3) is 5.39. The van der Waals surface area contributed by atoms with Crippen LogP contribution in [0.15, 0.2) is 61.0 Å². The van der Waals surface area contributed by atoms with Crippen molar-refractivity contribution in [1.29, 1.82) is 0 Å². The molecule has 8 nitrogen and oxygen atoms in total. The van der Waals surface area contributed by atoms with Crippen molar-refractivity contribution in [3.63, 3.8) is 0 Å². The molecular formula is C26H32N4O4. The van der Waals surface area contributed by atoms with Crippen LogP contribution >= 0.6 is 0 Å². The Labute approximate surface area is 199 Å². The highest BCUT2D eigenvalue weighted by atomic mass is 16.6. The van der Waals surface area contributed by atoms with E-state index in [0.29, 0.717) is 11.1 Å². The van der Waals surface area contributed by atoms with E-state index in [1.165, 1.54) is 10.6 Å². The molecule has 0 saturated heterocycles. The number of hydrazine groups is 1.